The van der Waals surface area contributed by atoms with Gasteiger partial charge in [-0.25, -0.2) is 0 Å². The SMILES string of the molecule is CN1CC[C@H](NCc2ccco2)C1=O. The lowest BCUT2D eigenvalue weighted by atomic mass is 10.2. The van der Waals surface area contributed by atoms with E-state index < -0.39 is 0 Å². The molecule has 1 atom stereocenters. The third-order valence-electron chi connectivity index (χ3n) is 2.53. The van der Waals surface area contributed by atoms with Crippen molar-refractivity contribution in [3.63, 3.8) is 0 Å². The number of likely N-dealkylation sites (N-methyl/N-ethyl adjacent to an activating group) is 1. The highest BCUT2D eigenvalue weighted by Crippen LogP contribution is 2.09. The van der Waals surface area contributed by atoms with Gasteiger partial charge in [-0.15, -0.1) is 0 Å². The standard InChI is InChI=1S/C10H14N2O2/c1-12-5-4-9(10(12)13)11-7-8-3-2-6-14-8/h2-3,6,9,11H,4-5,7H2,1H3/t9-/m0/s1. The normalized spacial score (nSPS) is 21.9. The zero-order valence-electron chi connectivity index (χ0n) is 8.19. The van der Waals surface area contributed by atoms with Crippen molar-refractivity contribution in [1.82, 2.24) is 10.2 Å². The predicted octanol–water partition coefficient (Wildman–Crippen LogP) is 0.600. The Morgan fingerprint density at radius 1 is 1.71 bits per heavy atom. The summed E-state index contributed by atoms with van der Waals surface area (Å²) in [4.78, 5) is 13.2. The van der Waals surface area contributed by atoms with Crippen LogP contribution in [0.3, 0.4) is 0 Å². The van der Waals surface area contributed by atoms with E-state index in [1.807, 2.05) is 19.2 Å². The minimum Gasteiger partial charge on any atom is -0.468 e. The van der Waals surface area contributed by atoms with Crippen molar-refractivity contribution < 1.29 is 9.21 Å². The second-order valence-electron chi connectivity index (χ2n) is 3.56. The number of nitrogens with zero attached hydrogens (tertiary/aromatic N) is 1. The van der Waals surface area contributed by atoms with Gasteiger partial charge in [-0.2, -0.15) is 0 Å². The number of likely N-dealkylation sites (tertiary alicyclic amines) is 1. The van der Waals surface area contributed by atoms with E-state index in [4.69, 9.17) is 4.42 Å². The van der Waals surface area contributed by atoms with E-state index in [1.54, 1.807) is 11.2 Å². The van der Waals surface area contributed by atoms with Crippen molar-refractivity contribution >= 4 is 5.91 Å². The van der Waals surface area contributed by atoms with E-state index >= 15 is 0 Å². The monoisotopic (exact) mass is 194 g/mol. The second-order valence-corrected chi connectivity index (χ2v) is 3.56. The summed E-state index contributed by atoms with van der Waals surface area (Å²) in [6.07, 6.45) is 2.52. The molecule has 0 spiro atoms. The first-order valence-electron chi connectivity index (χ1n) is 4.78. The average Bonchev–Trinajstić information content (AvgIpc) is 2.77. The van der Waals surface area contributed by atoms with Crippen molar-refractivity contribution in [2.45, 2.75) is 19.0 Å². The van der Waals surface area contributed by atoms with Crippen LogP contribution in [0.4, 0.5) is 0 Å². The van der Waals surface area contributed by atoms with Gasteiger partial charge in [0.2, 0.25) is 5.91 Å². The number of furan rings is 1. The van der Waals surface area contributed by atoms with Crippen LogP contribution in [0.5, 0.6) is 0 Å². The van der Waals surface area contributed by atoms with E-state index in [9.17, 15) is 4.79 Å². The van der Waals surface area contributed by atoms with E-state index in [0.717, 1.165) is 18.7 Å². The Morgan fingerprint density at radius 2 is 2.57 bits per heavy atom. The minimum atomic E-state index is -0.0369. The molecular formula is C10H14N2O2. The van der Waals surface area contributed by atoms with Crippen LogP contribution in [0, 0.1) is 0 Å². The molecule has 0 saturated carbocycles. The molecule has 1 saturated heterocycles. The average molecular weight is 194 g/mol. The van der Waals surface area contributed by atoms with Gasteiger partial charge in [0.15, 0.2) is 0 Å². The number of rotatable bonds is 3. The molecule has 4 heteroatoms. The Kier molecular flexibility index (Phi) is 2.54. The largest absolute Gasteiger partial charge is 0.468 e. The molecule has 1 aliphatic rings. The molecular weight excluding hydrogens is 180 g/mol. The fourth-order valence-corrected chi connectivity index (χ4v) is 1.65. The molecule has 0 aliphatic carbocycles. The Bertz CT molecular complexity index is 308. The summed E-state index contributed by atoms with van der Waals surface area (Å²) in [5.41, 5.74) is 0. The topological polar surface area (TPSA) is 45.5 Å². The van der Waals surface area contributed by atoms with Crippen LogP contribution in [-0.2, 0) is 11.3 Å². The Hall–Kier alpha value is -1.29. The summed E-state index contributed by atoms with van der Waals surface area (Å²) in [6, 6.07) is 3.71. The van der Waals surface area contributed by atoms with Gasteiger partial charge >= 0.3 is 0 Å². The molecule has 1 aromatic rings. The Labute approximate surface area is 82.9 Å². The third kappa shape index (κ3) is 1.80. The first-order valence-corrected chi connectivity index (χ1v) is 4.78. The maximum absolute atomic E-state index is 11.5. The number of amides is 1. The third-order valence-corrected chi connectivity index (χ3v) is 2.53. The molecule has 14 heavy (non-hydrogen) atoms. The summed E-state index contributed by atoms with van der Waals surface area (Å²) >= 11 is 0. The van der Waals surface area contributed by atoms with Crippen LogP contribution >= 0.6 is 0 Å². The minimum absolute atomic E-state index is 0.0369. The molecule has 0 unspecified atom stereocenters. The van der Waals surface area contributed by atoms with Gasteiger partial charge in [-0.05, 0) is 18.6 Å². The molecule has 0 radical (unpaired) electrons. The molecule has 2 rings (SSSR count). The van der Waals surface area contributed by atoms with Gasteiger partial charge < -0.3 is 9.32 Å². The van der Waals surface area contributed by atoms with Gasteiger partial charge in [-0.3, -0.25) is 10.1 Å². The van der Waals surface area contributed by atoms with Crippen LogP contribution < -0.4 is 5.32 Å². The highest BCUT2D eigenvalue weighted by molar-refractivity contribution is 5.83. The molecule has 2 heterocycles. The lowest BCUT2D eigenvalue weighted by molar-refractivity contribution is -0.128. The number of hydrogen-bond donors (Lipinski definition) is 1. The lowest BCUT2D eigenvalue weighted by Crippen LogP contribution is -2.36. The summed E-state index contributed by atoms with van der Waals surface area (Å²) in [7, 11) is 1.83. The van der Waals surface area contributed by atoms with E-state index in [1.165, 1.54) is 0 Å². The lowest BCUT2D eigenvalue weighted by Gasteiger charge is -2.10. The van der Waals surface area contributed by atoms with Gasteiger partial charge in [0, 0.05) is 13.6 Å². The Morgan fingerprint density at radius 3 is 3.14 bits per heavy atom. The number of hydrogen-bond acceptors (Lipinski definition) is 3. The van der Waals surface area contributed by atoms with Gasteiger partial charge in [0.05, 0.1) is 18.8 Å². The van der Waals surface area contributed by atoms with Crippen LogP contribution in [0.2, 0.25) is 0 Å². The molecule has 1 aromatic heterocycles. The zero-order valence-corrected chi connectivity index (χ0v) is 8.19. The number of nitrogens with one attached hydrogen (secondary N) is 1. The maximum Gasteiger partial charge on any atom is 0.239 e. The second kappa shape index (κ2) is 3.84. The van der Waals surface area contributed by atoms with Crippen LogP contribution in [0.15, 0.2) is 22.8 Å². The van der Waals surface area contributed by atoms with Crippen LogP contribution in [0.1, 0.15) is 12.2 Å². The van der Waals surface area contributed by atoms with E-state index in [-0.39, 0.29) is 11.9 Å². The fraction of sp³-hybridized carbons (Fsp3) is 0.500. The highest BCUT2D eigenvalue weighted by Gasteiger charge is 2.28. The highest BCUT2D eigenvalue weighted by atomic mass is 16.3. The zero-order chi connectivity index (χ0) is 9.97. The first kappa shape index (κ1) is 9.27. The molecule has 76 valence electrons. The van der Waals surface area contributed by atoms with Crippen molar-refractivity contribution in [2.75, 3.05) is 13.6 Å². The molecule has 0 aromatic carbocycles. The van der Waals surface area contributed by atoms with Crippen molar-refractivity contribution in [3.8, 4) is 0 Å². The molecule has 4 nitrogen and oxygen atoms in total. The molecule has 1 aliphatic heterocycles. The molecule has 1 amide bonds. The van der Waals surface area contributed by atoms with Gasteiger partial charge in [-0.1, -0.05) is 0 Å². The summed E-state index contributed by atoms with van der Waals surface area (Å²) < 4.78 is 5.17. The molecule has 0 bridgehead atoms. The van der Waals surface area contributed by atoms with E-state index in [0.29, 0.717) is 6.54 Å². The van der Waals surface area contributed by atoms with Crippen molar-refractivity contribution in [1.29, 1.82) is 0 Å². The quantitative estimate of drug-likeness (QED) is 0.766. The van der Waals surface area contributed by atoms with Crippen LogP contribution in [0.25, 0.3) is 0 Å². The van der Waals surface area contributed by atoms with Crippen molar-refractivity contribution in [3.05, 3.63) is 24.2 Å². The van der Waals surface area contributed by atoms with E-state index in [2.05, 4.69) is 5.32 Å². The van der Waals surface area contributed by atoms with Gasteiger partial charge in [0.1, 0.15) is 5.76 Å². The molecule has 1 fully saturated rings. The number of carbonyl (C=O) groups excluding carboxylic acids is 1. The first-order chi connectivity index (χ1) is 6.77. The fourth-order valence-electron chi connectivity index (χ4n) is 1.65. The number of carbonyl (C=O) groups is 1. The molecule has 1 N–H and O–H groups in total. The smallest absolute Gasteiger partial charge is 0.239 e. The van der Waals surface area contributed by atoms with Crippen molar-refractivity contribution in [2.24, 2.45) is 0 Å². The summed E-state index contributed by atoms with van der Waals surface area (Å²) in [6.45, 7) is 1.46. The predicted molar refractivity (Wildman–Crippen MR) is 51.6 cm³/mol. The van der Waals surface area contributed by atoms with Gasteiger partial charge in [0.25, 0.3) is 0 Å². The summed E-state index contributed by atoms with van der Waals surface area (Å²) in [5, 5.41) is 3.18. The Balaban J connectivity index is 1.84. The summed E-state index contributed by atoms with van der Waals surface area (Å²) in [5.74, 6) is 1.05. The van der Waals surface area contributed by atoms with Crippen LogP contribution in [-0.4, -0.2) is 30.4 Å². The maximum atomic E-state index is 11.5.